The monoisotopic (exact) mass is 311 g/mol. The van der Waals surface area contributed by atoms with E-state index < -0.39 is 12.0 Å². The number of rotatable bonds is 6. The molecule has 2 aromatic carbocycles. The Morgan fingerprint density at radius 2 is 1.61 bits per heavy atom. The predicted octanol–water partition coefficient (Wildman–Crippen LogP) is 2.66. The average Bonchev–Trinajstić information content (AvgIpc) is 2.46. The van der Waals surface area contributed by atoms with Gasteiger partial charge < -0.3 is 10.4 Å². The minimum absolute atomic E-state index is 0.182. The van der Waals surface area contributed by atoms with Gasteiger partial charge in [0.05, 0.1) is 6.42 Å². The van der Waals surface area contributed by atoms with Crippen molar-refractivity contribution in [3.05, 3.63) is 70.8 Å². The molecule has 0 radical (unpaired) electrons. The molecule has 0 spiro atoms. The highest BCUT2D eigenvalue weighted by Crippen LogP contribution is 2.10. The van der Waals surface area contributed by atoms with E-state index in [4.69, 9.17) is 0 Å². The lowest BCUT2D eigenvalue weighted by atomic mass is 10.0. The van der Waals surface area contributed by atoms with Crippen molar-refractivity contribution >= 4 is 11.9 Å². The Labute approximate surface area is 136 Å². The first kappa shape index (κ1) is 16.7. The first-order valence-corrected chi connectivity index (χ1v) is 7.57. The number of amides is 1. The average molecular weight is 311 g/mol. The third kappa shape index (κ3) is 5.25. The van der Waals surface area contributed by atoms with E-state index in [-0.39, 0.29) is 18.7 Å². The van der Waals surface area contributed by atoms with Crippen LogP contribution in [0, 0.1) is 13.8 Å². The van der Waals surface area contributed by atoms with E-state index >= 15 is 0 Å². The number of carbonyl (C=O) groups is 2. The van der Waals surface area contributed by atoms with Gasteiger partial charge in [0.25, 0.3) is 0 Å². The molecule has 1 amide bonds. The van der Waals surface area contributed by atoms with Gasteiger partial charge in [0, 0.05) is 6.42 Å². The van der Waals surface area contributed by atoms with E-state index in [1.807, 2.05) is 62.4 Å². The maximum atomic E-state index is 12.2. The van der Waals surface area contributed by atoms with Crippen LogP contribution in [-0.4, -0.2) is 23.0 Å². The Morgan fingerprint density at radius 1 is 1.00 bits per heavy atom. The van der Waals surface area contributed by atoms with Gasteiger partial charge in [0.1, 0.15) is 6.04 Å². The molecule has 23 heavy (non-hydrogen) atoms. The van der Waals surface area contributed by atoms with Crippen LogP contribution >= 0.6 is 0 Å². The van der Waals surface area contributed by atoms with Crippen molar-refractivity contribution in [3.63, 3.8) is 0 Å². The van der Waals surface area contributed by atoms with Crippen molar-refractivity contribution in [1.82, 2.24) is 5.32 Å². The van der Waals surface area contributed by atoms with Crippen molar-refractivity contribution in [1.29, 1.82) is 0 Å². The van der Waals surface area contributed by atoms with Gasteiger partial charge in [-0.05, 0) is 25.0 Å². The third-order valence-electron chi connectivity index (χ3n) is 3.56. The molecular weight excluding hydrogens is 290 g/mol. The Kier molecular flexibility index (Phi) is 5.52. The molecule has 0 heterocycles. The van der Waals surface area contributed by atoms with Gasteiger partial charge >= 0.3 is 5.97 Å². The van der Waals surface area contributed by atoms with Crippen LogP contribution < -0.4 is 5.32 Å². The van der Waals surface area contributed by atoms with Crippen LogP contribution in [0.15, 0.2) is 48.5 Å². The summed E-state index contributed by atoms with van der Waals surface area (Å²) in [7, 11) is 0. The molecule has 2 aromatic rings. The molecule has 0 unspecified atom stereocenters. The minimum atomic E-state index is -1.03. The predicted molar refractivity (Wildman–Crippen MR) is 89.3 cm³/mol. The van der Waals surface area contributed by atoms with Crippen LogP contribution in [0.3, 0.4) is 0 Å². The molecule has 0 aliphatic heterocycles. The molecular formula is C19H21NO3. The second-order valence-electron chi connectivity index (χ2n) is 5.82. The van der Waals surface area contributed by atoms with Gasteiger partial charge in [-0.15, -0.1) is 0 Å². The summed E-state index contributed by atoms with van der Waals surface area (Å²) in [5.74, 6) is -1.30. The number of aryl methyl sites for hydroxylation is 2. The summed E-state index contributed by atoms with van der Waals surface area (Å²) in [5, 5.41) is 11.9. The van der Waals surface area contributed by atoms with Gasteiger partial charge in [-0.1, -0.05) is 59.7 Å². The second kappa shape index (κ2) is 7.58. The van der Waals surface area contributed by atoms with Gasteiger partial charge in [0.2, 0.25) is 5.91 Å². The number of nitrogens with one attached hydrogen (secondary N) is 1. The molecule has 1 atom stereocenters. The molecule has 0 fully saturated rings. The van der Waals surface area contributed by atoms with Crippen LogP contribution in [0.2, 0.25) is 0 Å². The van der Waals surface area contributed by atoms with E-state index in [0.29, 0.717) is 0 Å². The fourth-order valence-electron chi connectivity index (χ4n) is 2.65. The summed E-state index contributed by atoms with van der Waals surface area (Å²) in [6.07, 6.45) is 0.454. The first-order valence-electron chi connectivity index (χ1n) is 7.57. The van der Waals surface area contributed by atoms with Crippen LogP contribution in [0.5, 0.6) is 0 Å². The zero-order valence-corrected chi connectivity index (χ0v) is 13.4. The Balaban J connectivity index is 2.02. The number of carboxylic acids is 1. The lowest BCUT2D eigenvalue weighted by molar-refractivity contribution is -0.141. The summed E-state index contributed by atoms with van der Waals surface area (Å²) in [5.41, 5.74) is 3.95. The van der Waals surface area contributed by atoms with Gasteiger partial charge in [0.15, 0.2) is 0 Å². The van der Waals surface area contributed by atoms with Crippen molar-refractivity contribution in [2.45, 2.75) is 32.7 Å². The lowest BCUT2D eigenvalue weighted by Crippen LogP contribution is -2.43. The number of benzene rings is 2. The zero-order chi connectivity index (χ0) is 16.8. The number of hydrogen-bond donors (Lipinski definition) is 2. The molecule has 2 N–H and O–H groups in total. The highest BCUT2D eigenvalue weighted by atomic mass is 16.4. The van der Waals surface area contributed by atoms with Crippen molar-refractivity contribution in [2.24, 2.45) is 0 Å². The molecule has 2 rings (SSSR count). The molecule has 4 heteroatoms. The standard InChI is InChI=1S/C19H21NO3/c1-13-8-14(2)10-16(9-13)12-18(21)20-17(19(22)23)11-15-6-4-3-5-7-15/h3-10,17H,11-12H2,1-2H3,(H,20,21)(H,22,23)/t17-/m1/s1. The summed E-state index contributed by atoms with van der Waals surface area (Å²) in [6.45, 7) is 3.95. The summed E-state index contributed by atoms with van der Waals surface area (Å²) in [4.78, 5) is 23.6. The lowest BCUT2D eigenvalue weighted by Gasteiger charge is -2.15. The molecule has 120 valence electrons. The Hall–Kier alpha value is -2.62. The van der Waals surface area contributed by atoms with Gasteiger partial charge in [-0.3, -0.25) is 4.79 Å². The number of carbonyl (C=O) groups excluding carboxylic acids is 1. The van der Waals surface area contributed by atoms with E-state index in [1.54, 1.807) is 0 Å². The van der Waals surface area contributed by atoms with E-state index in [9.17, 15) is 14.7 Å². The highest BCUT2D eigenvalue weighted by Gasteiger charge is 2.20. The number of aliphatic carboxylic acids is 1. The molecule has 0 aliphatic carbocycles. The summed E-state index contributed by atoms with van der Waals surface area (Å²) < 4.78 is 0. The van der Waals surface area contributed by atoms with E-state index in [0.717, 1.165) is 22.3 Å². The molecule has 0 bridgehead atoms. The number of hydrogen-bond acceptors (Lipinski definition) is 2. The maximum absolute atomic E-state index is 12.2. The van der Waals surface area contributed by atoms with Gasteiger partial charge in [-0.25, -0.2) is 4.79 Å². The molecule has 0 saturated heterocycles. The minimum Gasteiger partial charge on any atom is -0.480 e. The quantitative estimate of drug-likeness (QED) is 0.862. The second-order valence-corrected chi connectivity index (χ2v) is 5.82. The van der Waals surface area contributed by atoms with Crippen LogP contribution in [0.25, 0.3) is 0 Å². The van der Waals surface area contributed by atoms with Crippen molar-refractivity contribution in [3.8, 4) is 0 Å². The Morgan fingerprint density at radius 3 is 2.17 bits per heavy atom. The van der Waals surface area contributed by atoms with Crippen LogP contribution in [0.4, 0.5) is 0 Å². The largest absolute Gasteiger partial charge is 0.480 e. The molecule has 0 saturated carbocycles. The highest BCUT2D eigenvalue weighted by molar-refractivity contribution is 5.85. The molecule has 0 aliphatic rings. The first-order chi connectivity index (χ1) is 10.9. The fourth-order valence-corrected chi connectivity index (χ4v) is 2.65. The summed E-state index contributed by atoms with van der Waals surface area (Å²) >= 11 is 0. The van der Waals surface area contributed by atoms with Crippen LogP contribution in [0.1, 0.15) is 22.3 Å². The molecule has 4 nitrogen and oxygen atoms in total. The normalized spacial score (nSPS) is 11.7. The van der Waals surface area contributed by atoms with E-state index in [2.05, 4.69) is 5.32 Å². The Bertz CT molecular complexity index is 675. The SMILES string of the molecule is Cc1cc(C)cc(CC(=O)N[C@H](Cc2ccccc2)C(=O)O)c1. The smallest absolute Gasteiger partial charge is 0.326 e. The van der Waals surface area contributed by atoms with Crippen molar-refractivity contribution in [2.75, 3.05) is 0 Å². The third-order valence-corrected chi connectivity index (χ3v) is 3.56. The van der Waals surface area contributed by atoms with E-state index in [1.165, 1.54) is 0 Å². The van der Waals surface area contributed by atoms with Crippen molar-refractivity contribution < 1.29 is 14.7 Å². The fraction of sp³-hybridized carbons (Fsp3) is 0.263. The van der Waals surface area contributed by atoms with Crippen LogP contribution in [-0.2, 0) is 22.4 Å². The summed E-state index contributed by atoms with van der Waals surface area (Å²) in [6, 6.07) is 14.3. The topological polar surface area (TPSA) is 66.4 Å². The molecule has 0 aromatic heterocycles. The number of carboxylic acid groups (broad SMARTS) is 1. The maximum Gasteiger partial charge on any atom is 0.326 e. The zero-order valence-electron chi connectivity index (χ0n) is 13.4. The van der Waals surface area contributed by atoms with Gasteiger partial charge in [-0.2, -0.15) is 0 Å².